The number of hydrogen-bond donors (Lipinski definition) is 0. The molecule has 0 aliphatic heterocycles. The third-order valence-corrected chi connectivity index (χ3v) is 5.81. The van der Waals surface area contributed by atoms with Crippen LogP contribution < -0.4 is 4.74 Å². The molecule has 0 bridgehead atoms. The number of nitrogens with zero attached hydrogens (tertiary/aromatic N) is 3. The smallest absolute Gasteiger partial charge is 0.196 e. The molecule has 4 nitrogen and oxygen atoms in total. The van der Waals surface area contributed by atoms with E-state index >= 15 is 0 Å². The van der Waals surface area contributed by atoms with Crippen molar-refractivity contribution in [1.29, 1.82) is 0 Å². The number of hydrogen-bond acceptors (Lipinski definition) is 4. The van der Waals surface area contributed by atoms with Crippen LogP contribution in [0.2, 0.25) is 0 Å². The highest BCUT2D eigenvalue weighted by molar-refractivity contribution is 9.10. The summed E-state index contributed by atoms with van der Waals surface area (Å²) in [6.07, 6.45) is 0. The zero-order chi connectivity index (χ0) is 19.3. The van der Waals surface area contributed by atoms with Gasteiger partial charge < -0.3 is 4.74 Å². The monoisotopic (exact) mass is 451 g/mol. The lowest BCUT2D eigenvalue weighted by Gasteiger charge is -2.11. The highest BCUT2D eigenvalue weighted by atomic mass is 79.9. The molecule has 0 saturated carbocycles. The first-order valence-electron chi connectivity index (χ1n) is 8.77. The van der Waals surface area contributed by atoms with Crippen molar-refractivity contribution in [1.82, 2.24) is 14.8 Å². The number of benzene rings is 3. The molecule has 0 unspecified atom stereocenters. The third kappa shape index (κ3) is 4.13. The van der Waals surface area contributed by atoms with Crippen molar-refractivity contribution in [3.05, 3.63) is 88.9 Å². The second kappa shape index (κ2) is 8.63. The maximum absolute atomic E-state index is 5.30. The van der Waals surface area contributed by atoms with Crippen molar-refractivity contribution < 1.29 is 4.74 Å². The lowest BCUT2D eigenvalue weighted by molar-refractivity contribution is 0.414. The Bertz CT molecular complexity index is 1050. The highest BCUT2D eigenvalue weighted by Crippen LogP contribution is 2.30. The van der Waals surface area contributed by atoms with Gasteiger partial charge in [-0.15, -0.1) is 10.2 Å². The maximum atomic E-state index is 5.30. The lowest BCUT2D eigenvalue weighted by atomic mass is 10.2. The number of rotatable bonds is 6. The fourth-order valence-corrected chi connectivity index (χ4v) is 4.00. The van der Waals surface area contributed by atoms with Crippen LogP contribution in [-0.4, -0.2) is 21.9 Å². The van der Waals surface area contributed by atoms with Crippen molar-refractivity contribution in [3.8, 4) is 22.8 Å². The molecule has 0 saturated heterocycles. The Labute approximate surface area is 176 Å². The molecule has 0 aliphatic rings. The van der Waals surface area contributed by atoms with Crippen LogP contribution in [0.4, 0.5) is 0 Å². The second-order valence-electron chi connectivity index (χ2n) is 6.12. The van der Waals surface area contributed by atoms with Crippen molar-refractivity contribution in [2.24, 2.45) is 0 Å². The minimum atomic E-state index is 0.816. The minimum Gasteiger partial charge on any atom is -0.497 e. The van der Waals surface area contributed by atoms with Crippen LogP contribution in [0.25, 0.3) is 17.1 Å². The van der Waals surface area contributed by atoms with Gasteiger partial charge in [0.1, 0.15) is 5.75 Å². The summed E-state index contributed by atoms with van der Waals surface area (Å²) in [5, 5.41) is 9.82. The summed E-state index contributed by atoms with van der Waals surface area (Å²) in [6, 6.07) is 26.4. The molecule has 0 N–H and O–H groups in total. The molecule has 140 valence electrons. The molecular weight excluding hydrogens is 434 g/mol. The van der Waals surface area contributed by atoms with E-state index in [1.165, 1.54) is 5.56 Å². The molecule has 0 spiro atoms. The molecule has 1 aromatic heterocycles. The standard InChI is InChI=1S/C22H18BrN3OS/c1-27-20-13-11-19(12-14-20)26-21(17-5-3-2-4-6-17)24-25-22(26)28-15-16-7-9-18(23)10-8-16/h2-14H,15H2,1H3. The molecule has 3 aromatic carbocycles. The van der Waals surface area contributed by atoms with E-state index in [9.17, 15) is 0 Å². The molecule has 4 rings (SSSR count). The molecular formula is C22H18BrN3OS. The van der Waals surface area contributed by atoms with Crippen LogP contribution in [0.15, 0.2) is 88.5 Å². The van der Waals surface area contributed by atoms with Crippen molar-refractivity contribution >= 4 is 27.7 Å². The zero-order valence-corrected chi connectivity index (χ0v) is 17.7. The van der Waals surface area contributed by atoms with Crippen LogP contribution in [0.3, 0.4) is 0 Å². The van der Waals surface area contributed by atoms with Crippen molar-refractivity contribution in [3.63, 3.8) is 0 Å². The third-order valence-electron chi connectivity index (χ3n) is 4.28. The predicted octanol–water partition coefficient (Wildman–Crippen LogP) is 6.00. The number of methoxy groups -OCH3 is 1. The van der Waals surface area contributed by atoms with Crippen LogP contribution in [0.1, 0.15) is 5.56 Å². The van der Waals surface area contributed by atoms with Crippen LogP contribution in [0, 0.1) is 0 Å². The molecule has 0 fully saturated rings. The average Bonchev–Trinajstić information content (AvgIpc) is 3.18. The van der Waals surface area contributed by atoms with E-state index in [4.69, 9.17) is 4.74 Å². The summed E-state index contributed by atoms with van der Waals surface area (Å²) < 4.78 is 8.47. The van der Waals surface area contributed by atoms with Gasteiger partial charge in [-0.3, -0.25) is 4.57 Å². The van der Waals surface area contributed by atoms with Crippen LogP contribution in [0.5, 0.6) is 5.75 Å². The molecule has 1 heterocycles. The molecule has 0 radical (unpaired) electrons. The summed E-state index contributed by atoms with van der Waals surface area (Å²) in [5.41, 5.74) is 3.27. The Morgan fingerprint density at radius 1 is 0.893 bits per heavy atom. The maximum Gasteiger partial charge on any atom is 0.196 e. The Morgan fingerprint density at radius 2 is 1.61 bits per heavy atom. The van der Waals surface area contributed by atoms with Gasteiger partial charge >= 0.3 is 0 Å². The Kier molecular flexibility index (Phi) is 5.78. The Balaban J connectivity index is 1.71. The van der Waals surface area contributed by atoms with Gasteiger partial charge in [0, 0.05) is 21.5 Å². The van der Waals surface area contributed by atoms with Crippen molar-refractivity contribution in [2.75, 3.05) is 7.11 Å². The lowest BCUT2D eigenvalue weighted by Crippen LogP contribution is -2.00. The number of thioether (sulfide) groups is 1. The number of aromatic nitrogens is 3. The van der Waals surface area contributed by atoms with Gasteiger partial charge in [0.25, 0.3) is 0 Å². The molecule has 0 amide bonds. The Hall–Kier alpha value is -2.57. The topological polar surface area (TPSA) is 39.9 Å². The van der Waals surface area contributed by atoms with Gasteiger partial charge in [0.05, 0.1) is 7.11 Å². The minimum absolute atomic E-state index is 0.816. The van der Waals surface area contributed by atoms with Crippen molar-refractivity contribution in [2.45, 2.75) is 10.9 Å². The van der Waals surface area contributed by atoms with E-state index in [2.05, 4.69) is 55.0 Å². The fraction of sp³-hybridized carbons (Fsp3) is 0.0909. The molecule has 6 heteroatoms. The van der Waals surface area contributed by atoms with E-state index in [0.29, 0.717) is 0 Å². The van der Waals surface area contributed by atoms with E-state index in [0.717, 1.165) is 38.2 Å². The van der Waals surface area contributed by atoms with Crippen LogP contribution >= 0.6 is 27.7 Å². The molecule has 28 heavy (non-hydrogen) atoms. The Morgan fingerprint density at radius 3 is 2.29 bits per heavy atom. The highest BCUT2D eigenvalue weighted by Gasteiger charge is 2.16. The summed E-state index contributed by atoms with van der Waals surface area (Å²) in [4.78, 5) is 0. The van der Waals surface area contributed by atoms with Gasteiger partial charge in [-0.25, -0.2) is 0 Å². The predicted molar refractivity (Wildman–Crippen MR) is 117 cm³/mol. The number of halogens is 1. The first kappa shape index (κ1) is 18.8. The van der Waals surface area contributed by atoms with Gasteiger partial charge in [-0.05, 0) is 42.0 Å². The molecule has 4 aromatic rings. The fourth-order valence-electron chi connectivity index (χ4n) is 2.83. The largest absolute Gasteiger partial charge is 0.497 e. The molecule has 0 atom stereocenters. The normalized spacial score (nSPS) is 10.8. The van der Waals surface area contributed by atoms with Gasteiger partial charge in [-0.2, -0.15) is 0 Å². The van der Waals surface area contributed by atoms with Crippen LogP contribution in [-0.2, 0) is 5.75 Å². The zero-order valence-electron chi connectivity index (χ0n) is 15.2. The summed E-state index contributed by atoms with van der Waals surface area (Å²) in [5.74, 6) is 2.46. The van der Waals surface area contributed by atoms with Gasteiger partial charge in [-0.1, -0.05) is 70.2 Å². The average molecular weight is 452 g/mol. The summed E-state index contributed by atoms with van der Waals surface area (Å²) >= 11 is 5.15. The van der Waals surface area contributed by atoms with E-state index < -0.39 is 0 Å². The van der Waals surface area contributed by atoms with E-state index in [1.54, 1.807) is 18.9 Å². The van der Waals surface area contributed by atoms with Gasteiger partial charge in [0.15, 0.2) is 11.0 Å². The number of ether oxygens (including phenoxy) is 1. The van der Waals surface area contributed by atoms with E-state index in [1.807, 2.05) is 54.6 Å². The quantitative estimate of drug-likeness (QED) is 0.337. The molecule has 0 aliphatic carbocycles. The van der Waals surface area contributed by atoms with E-state index in [-0.39, 0.29) is 0 Å². The first-order valence-corrected chi connectivity index (χ1v) is 10.5. The second-order valence-corrected chi connectivity index (χ2v) is 7.98. The summed E-state index contributed by atoms with van der Waals surface area (Å²) in [7, 11) is 1.67. The first-order chi connectivity index (χ1) is 13.7. The summed E-state index contributed by atoms with van der Waals surface area (Å²) in [6.45, 7) is 0. The van der Waals surface area contributed by atoms with Gasteiger partial charge in [0.2, 0.25) is 0 Å². The SMILES string of the molecule is COc1ccc(-n2c(SCc3ccc(Br)cc3)nnc2-c2ccccc2)cc1.